The minimum Gasteiger partial charge on any atom is -0.374 e. The van der Waals surface area contributed by atoms with Gasteiger partial charge in [0.25, 0.3) is 0 Å². The summed E-state index contributed by atoms with van der Waals surface area (Å²) in [5.74, 6) is 2.24. The second-order valence-electron chi connectivity index (χ2n) is 6.75. The van der Waals surface area contributed by atoms with E-state index in [1.165, 1.54) is 32.1 Å². The van der Waals surface area contributed by atoms with Gasteiger partial charge in [-0.25, -0.2) is 0 Å². The number of anilines is 1. The molecule has 0 radical (unpaired) electrons. The molecule has 4 nitrogen and oxygen atoms in total. The van der Waals surface area contributed by atoms with Crippen molar-refractivity contribution in [3.63, 3.8) is 0 Å². The Labute approximate surface area is 149 Å². The lowest BCUT2D eigenvalue weighted by Gasteiger charge is -2.23. The lowest BCUT2D eigenvalue weighted by atomic mass is 9.98. The molecule has 24 heavy (non-hydrogen) atoms. The van der Waals surface area contributed by atoms with Crippen molar-refractivity contribution in [3.05, 3.63) is 29.8 Å². The Bertz CT molecular complexity index is 526. The molecule has 1 aliphatic heterocycles. The number of thioether (sulfide) groups is 1. The van der Waals surface area contributed by atoms with Crippen LogP contribution in [0.2, 0.25) is 0 Å². The van der Waals surface area contributed by atoms with Gasteiger partial charge in [-0.05, 0) is 30.5 Å². The molecule has 3 rings (SSSR count). The van der Waals surface area contributed by atoms with Crippen LogP contribution in [0.25, 0.3) is 0 Å². The Hall–Kier alpha value is -1.04. The summed E-state index contributed by atoms with van der Waals surface area (Å²) >= 11 is 1.91. The highest BCUT2D eigenvalue weighted by Crippen LogP contribution is 2.22. The number of benzene rings is 1. The molecular weight excluding hydrogens is 320 g/mol. The number of ether oxygens (including phenoxy) is 1. The third-order valence-corrected chi connectivity index (χ3v) is 5.81. The second kappa shape index (κ2) is 9.44. The minimum absolute atomic E-state index is 0.0837. The summed E-state index contributed by atoms with van der Waals surface area (Å²) in [5.41, 5.74) is 2.00. The van der Waals surface area contributed by atoms with Gasteiger partial charge >= 0.3 is 0 Å². The number of rotatable bonds is 6. The maximum absolute atomic E-state index is 12.2. The maximum Gasteiger partial charge on any atom is 0.225 e. The van der Waals surface area contributed by atoms with Gasteiger partial charge in [-0.15, -0.1) is 0 Å². The molecule has 1 amide bonds. The summed E-state index contributed by atoms with van der Waals surface area (Å²) in [7, 11) is 0. The van der Waals surface area contributed by atoms with E-state index in [0.717, 1.165) is 29.3 Å². The normalized spacial score (nSPS) is 22.2. The number of hydrogen-bond donors (Lipinski definition) is 2. The van der Waals surface area contributed by atoms with Crippen LogP contribution in [0.5, 0.6) is 0 Å². The number of carbonyl (C=O) groups is 1. The molecule has 1 aromatic rings. The first kappa shape index (κ1) is 17.8. The van der Waals surface area contributed by atoms with Gasteiger partial charge < -0.3 is 15.4 Å². The monoisotopic (exact) mass is 348 g/mol. The SMILES string of the molecule is O=C(CC1CSCCN1)Nc1cccc(COC2CCCCC2)c1. The highest BCUT2D eigenvalue weighted by Gasteiger charge is 2.17. The molecule has 0 aromatic heterocycles. The van der Waals surface area contributed by atoms with Crippen LogP contribution in [-0.4, -0.2) is 36.1 Å². The Morgan fingerprint density at radius 3 is 2.96 bits per heavy atom. The summed E-state index contributed by atoms with van der Waals surface area (Å²) in [5, 5.41) is 6.43. The molecule has 1 saturated carbocycles. The van der Waals surface area contributed by atoms with Gasteiger partial charge in [-0.3, -0.25) is 4.79 Å². The summed E-state index contributed by atoms with van der Waals surface area (Å²) in [6.07, 6.45) is 7.23. The molecule has 1 aliphatic carbocycles. The summed E-state index contributed by atoms with van der Waals surface area (Å²) in [6, 6.07) is 8.33. The largest absolute Gasteiger partial charge is 0.374 e. The molecule has 2 fully saturated rings. The van der Waals surface area contributed by atoms with Gasteiger partial charge in [0.05, 0.1) is 12.7 Å². The zero-order valence-electron chi connectivity index (χ0n) is 14.3. The van der Waals surface area contributed by atoms with Crippen molar-refractivity contribution in [3.8, 4) is 0 Å². The first-order valence-corrected chi connectivity index (χ1v) is 10.3. The Kier molecular flexibility index (Phi) is 6.99. The van der Waals surface area contributed by atoms with Crippen LogP contribution < -0.4 is 10.6 Å². The fourth-order valence-corrected chi connectivity index (χ4v) is 4.32. The third-order valence-electron chi connectivity index (χ3n) is 4.68. The molecule has 1 saturated heterocycles. The van der Waals surface area contributed by atoms with Crippen molar-refractivity contribution in [1.82, 2.24) is 5.32 Å². The number of hydrogen-bond acceptors (Lipinski definition) is 4. The van der Waals surface area contributed by atoms with Gasteiger partial charge in [0.2, 0.25) is 5.91 Å². The molecule has 1 unspecified atom stereocenters. The van der Waals surface area contributed by atoms with Crippen LogP contribution in [0.4, 0.5) is 5.69 Å². The molecule has 2 N–H and O–H groups in total. The lowest BCUT2D eigenvalue weighted by molar-refractivity contribution is -0.116. The smallest absolute Gasteiger partial charge is 0.225 e. The van der Waals surface area contributed by atoms with E-state index in [-0.39, 0.29) is 5.91 Å². The van der Waals surface area contributed by atoms with Crippen molar-refractivity contribution in [2.45, 2.75) is 57.3 Å². The molecule has 5 heteroatoms. The van der Waals surface area contributed by atoms with Crippen LogP contribution >= 0.6 is 11.8 Å². The van der Waals surface area contributed by atoms with E-state index >= 15 is 0 Å². The fourth-order valence-electron chi connectivity index (χ4n) is 3.37. The molecule has 1 atom stereocenters. The Morgan fingerprint density at radius 2 is 2.17 bits per heavy atom. The average molecular weight is 349 g/mol. The van der Waals surface area contributed by atoms with Gasteiger partial charge in [0.1, 0.15) is 0 Å². The van der Waals surface area contributed by atoms with E-state index in [2.05, 4.69) is 16.7 Å². The average Bonchev–Trinajstić information content (AvgIpc) is 2.62. The van der Waals surface area contributed by atoms with Crippen molar-refractivity contribution < 1.29 is 9.53 Å². The van der Waals surface area contributed by atoms with Gasteiger partial charge in [-0.1, -0.05) is 31.4 Å². The van der Waals surface area contributed by atoms with Crippen molar-refractivity contribution in [2.75, 3.05) is 23.4 Å². The zero-order chi connectivity index (χ0) is 16.6. The molecule has 1 heterocycles. The molecule has 132 valence electrons. The third kappa shape index (κ3) is 5.80. The van der Waals surface area contributed by atoms with E-state index in [4.69, 9.17) is 4.74 Å². The van der Waals surface area contributed by atoms with E-state index < -0.39 is 0 Å². The lowest BCUT2D eigenvalue weighted by Crippen LogP contribution is -2.39. The quantitative estimate of drug-likeness (QED) is 0.825. The predicted octanol–water partition coefficient (Wildman–Crippen LogP) is 3.57. The standard InChI is InChI=1S/C19H28N2O2S/c22-19(12-17-14-24-10-9-20-17)21-16-6-4-5-15(11-16)13-23-18-7-2-1-3-8-18/h4-6,11,17-18,20H,1-3,7-10,12-14H2,(H,21,22). The van der Waals surface area contributed by atoms with Crippen LogP contribution in [0, 0.1) is 0 Å². The van der Waals surface area contributed by atoms with Crippen molar-refractivity contribution in [1.29, 1.82) is 0 Å². The number of amides is 1. The Balaban J connectivity index is 1.46. The van der Waals surface area contributed by atoms with Crippen LogP contribution in [0.3, 0.4) is 0 Å². The number of carbonyl (C=O) groups excluding carboxylic acids is 1. The zero-order valence-corrected chi connectivity index (χ0v) is 15.1. The van der Waals surface area contributed by atoms with Gasteiger partial charge in [0, 0.05) is 36.2 Å². The summed E-state index contributed by atoms with van der Waals surface area (Å²) in [4.78, 5) is 12.2. The fraction of sp³-hybridized carbons (Fsp3) is 0.632. The van der Waals surface area contributed by atoms with Crippen molar-refractivity contribution in [2.24, 2.45) is 0 Å². The van der Waals surface area contributed by atoms with E-state index in [1.54, 1.807) is 0 Å². The van der Waals surface area contributed by atoms with Crippen LogP contribution in [0.15, 0.2) is 24.3 Å². The highest BCUT2D eigenvalue weighted by atomic mass is 32.2. The van der Waals surface area contributed by atoms with Crippen LogP contribution in [0.1, 0.15) is 44.1 Å². The van der Waals surface area contributed by atoms with E-state index in [9.17, 15) is 4.79 Å². The molecule has 2 aliphatic rings. The highest BCUT2D eigenvalue weighted by molar-refractivity contribution is 7.99. The van der Waals surface area contributed by atoms with Gasteiger partial charge in [0.15, 0.2) is 0 Å². The van der Waals surface area contributed by atoms with E-state index in [1.807, 2.05) is 30.0 Å². The predicted molar refractivity (Wildman–Crippen MR) is 100 cm³/mol. The van der Waals surface area contributed by atoms with E-state index in [0.29, 0.717) is 25.2 Å². The first-order valence-electron chi connectivity index (χ1n) is 9.11. The molecule has 0 bridgehead atoms. The summed E-state index contributed by atoms with van der Waals surface area (Å²) in [6.45, 7) is 1.63. The summed E-state index contributed by atoms with van der Waals surface area (Å²) < 4.78 is 6.03. The first-order chi connectivity index (χ1) is 11.8. The molecule has 0 spiro atoms. The Morgan fingerprint density at radius 1 is 1.29 bits per heavy atom. The van der Waals surface area contributed by atoms with Crippen molar-refractivity contribution >= 4 is 23.4 Å². The van der Waals surface area contributed by atoms with Gasteiger partial charge in [-0.2, -0.15) is 11.8 Å². The topological polar surface area (TPSA) is 50.4 Å². The maximum atomic E-state index is 12.2. The number of nitrogens with one attached hydrogen (secondary N) is 2. The second-order valence-corrected chi connectivity index (χ2v) is 7.90. The molecular formula is C19H28N2O2S. The van der Waals surface area contributed by atoms with Crippen LogP contribution in [-0.2, 0) is 16.1 Å². The minimum atomic E-state index is 0.0837. The molecule has 1 aromatic carbocycles.